The Labute approximate surface area is 114 Å². The number of aryl methyl sites for hydroxylation is 2. The number of aromatic amines is 1. The first-order chi connectivity index (χ1) is 9.35. The van der Waals surface area contributed by atoms with E-state index in [0.717, 1.165) is 10.9 Å². The van der Waals surface area contributed by atoms with E-state index >= 15 is 0 Å². The quantitative estimate of drug-likeness (QED) is 0.723. The summed E-state index contributed by atoms with van der Waals surface area (Å²) >= 11 is 0. The topological polar surface area (TPSA) is 130 Å². The predicted molar refractivity (Wildman–Crippen MR) is 68.9 cm³/mol. The van der Waals surface area contributed by atoms with Crippen molar-refractivity contribution in [3.05, 3.63) is 23.8 Å². The zero-order valence-corrected chi connectivity index (χ0v) is 11.6. The average molecular weight is 299 g/mol. The number of aromatic nitrogens is 4. The van der Waals surface area contributed by atoms with Gasteiger partial charge in [0.05, 0.1) is 12.4 Å². The number of hydrogen-bond donors (Lipinski definition) is 3. The molecule has 0 radical (unpaired) electrons. The molecule has 0 amide bonds. The van der Waals surface area contributed by atoms with E-state index in [0.29, 0.717) is 12.2 Å². The van der Waals surface area contributed by atoms with Gasteiger partial charge in [-0.3, -0.25) is 9.40 Å². The van der Waals surface area contributed by atoms with Gasteiger partial charge in [0.15, 0.2) is 10.8 Å². The molecule has 0 bridgehead atoms. The minimum Gasteiger partial charge on any atom is -0.477 e. The number of aromatic carboxylic acids is 1. The fraction of sp³-hybridized carbons (Fsp3) is 0.300. The lowest BCUT2D eigenvalue weighted by atomic mass is 10.3. The summed E-state index contributed by atoms with van der Waals surface area (Å²) in [5.74, 6) is -0.867. The van der Waals surface area contributed by atoms with Crippen LogP contribution in [-0.4, -0.2) is 39.2 Å². The number of imidazole rings is 1. The SMILES string of the molecule is CCc1ncc(S(=O)(=O)Nc2c(C(=O)O)cnn2C)[nH]1. The second-order valence-corrected chi connectivity index (χ2v) is 5.64. The molecule has 0 unspecified atom stereocenters. The van der Waals surface area contributed by atoms with Crippen molar-refractivity contribution >= 4 is 21.8 Å². The van der Waals surface area contributed by atoms with E-state index in [1.165, 1.54) is 13.2 Å². The van der Waals surface area contributed by atoms with Gasteiger partial charge in [-0.15, -0.1) is 0 Å². The summed E-state index contributed by atoms with van der Waals surface area (Å²) in [7, 11) is -2.50. The summed E-state index contributed by atoms with van der Waals surface area (Å²) in [5, 5.41) is 12.6. The van der Waals surface area contributed by atoms with E-state index in [9.17, 15) is 13.2 Å². The van der Waals surface area contributed by atoms with E-state index in [4.69, 9.17) is 5.11 Å². The Morgan fingerprint density at radius 2 is 2.20 bits per heavy atom. The van der Waals surface area contributed by atoms with Crippen LogP contribution in [0.5, 0.6) is 0 Å². The minimum absolute atomic E-state index is 0.120. The van der Waals surface area contributed by atoms with E-state index in [2.05, 4.69) is 19.8 Å². The van der Waals surface area contributed by atoms with E-state index in [1.54, 1.807) is 0 Å². The summed E-state index contributed by atoms with van der Waals surface area (Å²) < 4.78 is 27.6. The molecule has 108 valence electrons. The summed E-state index contributed by atoms with van der Waals surface area (Å²) in [4.78, 5) is 17.5. The highest BCUT2D eigenvalue weighted by Gasteiger charge is 2.23. The highest BCUT2D eigenvalue weighted by Crippen LogP contribution is 2.18. The average Bonchev–Trinajstić information content (AvgIpc) is 2.97. The molecule has 0 aliphatic carbocycles. The maximum Gasteiger partial charge on any atom is 0.341 e. The van der Waals surface area contributed by atoms with Gasteiger partial charge >= 0.3 is 5.97 Å². The number of carboxylic acid groups (broad SMARTS) is 1. The Hall–Kier alpha value is -2.36. The van der Waals surface area contributed by atoms with Gasteiger partial charge in [-0.25, -0.2) is 9.78 Å². The molecule has 0 aliphatic heterocycles. The summed E-state index contributed by atoms with van der Waals surface area (Å²) in [6.45, 7) is 1.83. The lowest BCUT2D eigenvalue weighted by Crippen LogP contribution is -2.17. The first-order valence-corrected chi connectivity index (χ1v) is 7.15. The molecule has 0 saturated heterocycles. The number of carbonyl (C=O) groups is 1. The second-order valence-electron chi connectivity index (χ2n) is 3.99. The lowest BCUT2D eigenvalue weighted by Gasteiger charge is -2.07. The molecule has 2 aromatic heterocycles. The van der Waals surface area contributed by atoms with Crippen LogP contribution in [0.3, 0.4) is 0 Å². The van der Waals surface area contributed by atoms with Crippen molar-refractivity contribution in [3.63, 3.8) is 0 Å². The van der Waals surface area contributed by atoms with Crippen LogP contribution in [-0.2, 0) is 23.5 Å². The number of carboxylic acids is 1. The van der Waals surface area contributed by atoms with Crippen LogP contribution in [0, 0.1) is 0 Å². The molecule has 2 rings (SSSR count). The van der Waals surface area contributed by atoms with E-state index < -0.39 is 16.0 Å². The number of hydrogen-bond acceptors (Lipinski definition) is 5. The van der Waals surface area contributed by atoms with Crippen molar-refractivity contribution in [3.8, 4) is 0 Å². The third-order valence-electron chi connectivity index (χ3n) is 2.63. The molecule has 0 aromatic carbocycles. The summed E-state index contributed by atoms with van der Waals surface area (Å²) in [6, 6.07) is 0. The molecular weight excluding hydrogens is 286 g/mol. The standard InChI is InChI=1S/C10H13N5O4S/c1-3-7-11-5-8(13-7)20(18,19)14-9-6(10(16)17)4-12-15(9)2/h4-5,14H,3H2,1-2H3,(H,11,13)(H,16,17). The largest absolute Gasteiger partial charge is 0.477 e. The molecule has 9 nitrogen and oxygen atoms in total. The number of sulfonamides is 1. The Morgan fingerprint density at radius 1 is 1.50 bits per heavy atom. The molecule has 0 aliphatic rings. The van der Waals surface area contributed by atoms with Gasteiger partial charge in [-0.2, -0.15) is 13.5 Å². The van der Waals surface area contributed by atoms with Crippen molar-refractivity contribution in [1.82, 2.24) is 19.7 Å². The van der Waals surface area contributed by atoms with Gasteiger partial charge in [0.25, 0.3) is 10.0 Å². The second kappa shape index (κ2) is 4.96. The summed E-state index contributed by atoms with van der Waals surface area (Å²) in [5.41, 5.74) is -0.230. The predicted octanol–water partition coefficient (Wildman–Crippen LogP) is 0.205. The monoisotopic (exact) mass is 299 g/mol. The first kappa shape index (κ1) is 14.1. The highest BCUT2D eigenvalue weighted by atomic mass is 32.2. The lowest BCUT2D eigenvalue weighted by molar-refractivity contribution is 0.0698. The highest BCUT2D eigenvalue weighted by molar-refractivity contribution is 7.92. The van der Waals surface area contributed by atoms with Crippen LogP contribution >= 0.6 is 0 Å². The van der Waals surface area contributed by atoms with Gasteiger partial charge in [-0.1, -0.05) is 6.92 Å². The van der Waals surface area contributed by atoms with Gasteiger partial charge in [0.2, 0.25) is 0 Å². The van der Waals surface area contributed by atoms with Crippen molar-refractivity contribution in [2.75, 3.05) is 4.72 Å². The molecular formula is C10H13N5O4S. The van der Waals surface area contributed by atoms with Crippen molar-refractivity contribution < 1.29 is 18.3 Å². The van der Waals surface area contributed by atoms with Gasteiger partial charge in [0.1, 0.15) is 11.4 Å². The number of rotatable bonds is 5. The first-order valence-electron chi connectivity index (χ1n) is 5.67. The Kier molecular flexibility index (Phi) is 3.49. The molecule has 0 spiro atoms. The fourth-order valence-corrected chi connectivity index (χ4v) is 2.61. The van der Waals surface area contributed by atoms with Crippen LogP contribution < -0.4 is 4.72 Å². The smallest absolute Gasteiger partial charge is 0.341 e. The van der Waals surface area contributed by atoms with Gasteiger partial charge in [-0.05, 0) is 0 Å². The zero-order chi connectivity index (χ0) is 14.9. The van der Waals surface area contributed by atoms with Crippen LogP contribution in [0.4, 0.5) is 5.82 Å². The molecule has 0 fully saturated rings. The van der Waals surface area contributed by atoms with Gasteiger partial charge < -0.3 is 10.1 Å². The minimum atomic E-state index is -3.94. The Morgan fingerprint density at radius 3 is 2.75 bits per heavy atom. The number of H-pyrrole nitrogens is 1. The van der Waals surface area contributed by atoms with Crippen LogP contribution in [0.25, 0.3) is 0 Å². The van der Waals surface area contributed by atoms with Crippen LogP contribution in [0.2, 0.25) is 0 Å². The number of nitrogens with one attached hydrogen (secondary N) is 2. The van der Waals surface area contributed by atoms with Crippen molar-refractivity contribution in [2.45, 2.75) is 18.4 Å². The maximum absolute atomic E-state index is 12.1. The van der Waals surface area contributed by atoms with E-state index in [-0.39, 0.29) is 16.4 Å². The third kappa shape index (κ3) is 2.50. The van der Waals surface area contributed by atoms with Crippen molar-refractivity contribution in [1.29, 1.82) is 0 Å². The van der Waals surface area contributed by atoms with Crippen LogP contribution in [0.15, 0.2) is 17.4 Å². The fourth-order valence-electron chi connectivity index (χ4n) is 1.56. The molecule has 20 heavy (non-hydrogen) atoms. The Balaban J connectivity index is 2.38. The Bertz CT molecular complexity index is 746. The van der Waals surface area contributed by atoms with Gasteiger partial charge in [0, 0.05) is 13.5 Å². The van der Waals surface area contributed by atoms with Crippen molar-refractivity contribution in [2.24, 2.45) is 7.05 Å². The van der Waals surface area contributed by atoms with E-state index in [1.807, 2.05) is 6.92 Å². The molecule has 2 heterocycles. The zero-order valence-electron chi connectivity index (χ0n) is 10.8. The third-order valence-corrected chi connectivity index (χ3v) is 3.88. The maximum atomic E-state index is 12.1. The molecule has 0 saturated carbocycles. The molecule has 2 aromatic rings. The number of nitrogens with zero attached hydrogens (tertiary/aromatic N) is 3. The summed E-state index contributed by atoms with van der Waals surface area (Å²) in [6.07, 6.45) is 2.81. The number of anilines is 1. The molecule has 0 atom stereocenters. The normalized spacial score (nSPS) is 11.5. The molecule has 10 heteroatoms. The van der Waals surface area contributed by atoms with Crippen LogP contribution in [0.1, 0.15) is 23.1 Å². The molecule has 3 N–H and O–H groups in total.